The molecule has 0 bridgehead atoms. The predicted molar refractivity (Wildman–Crippen MR) is 107 cm³/mol. The smallest absolute Gasteiger partial charge is 0.243 e. The molecule has 2 heterocycles. The van der Waals surface area contributed by atoms with Crippen LogP contribution in [0.5, 0.6) is 0 Å². The highest BCUT2D eigenvalue weighted by Crippen LogP contribution is 2.25. The molecule has 0 spiro atoms. The Morgan fingerprint density at radius 1 is 1.38 bits per heavy atom. The zero-order valence-corrected chi connectivity index (χ0v) is 16.8. The fraction of sp³-hybridized carbons (Fsp3) is 0.556. The van der Waals surface area contributed by atoms with Gasteiger partial charge in [0.1, 0.15) is 5.82 Å². The van der Waals surface area contributed by atoms with Gasteiger partial charge in [0.2, 0.25) is 5.91 Å². The number of fused-ring (bicyclic) bond motifs is 1. The number of allylic oxidation sites excluding steroid dienone is 1. The van der Waals surface area contributed by atoms with Crippen molar-refractivity contribution in [3.63, 3.8) is 0 Å². The van der Waals surface area contributed by atoms with E-state index in [0.29, 0.717) is 19.0 Å². The minimum Gasteiger partial charge on any atom is -0.369 e. The molecule has 0 radical (unpaired) electrons. The van der Waals surface area contributed by atoms with Crippen LogP contribution in [0.25, 0.3) is 11.0 Å². The number of carbonyl (C=O) groups is 1. The molecular weight excluding hydrogens is 348 g/mol. The summed E-state index contributed by atoms with van der Waals surface area (Å²) >= 11 is 1.65. The number of amides is 1. The van der Waals surface area contributed by atoms with Crippen molar-refractivity contribution < 1.29 is 4.79 Å². The molecule has 0 atom stereocenters. The number of thioether (sulfide) groups is 1. The summed E-state index contributed by atoms with van der Waals surface area (Å²) in [7, 11) is 0. The first-order chi connectivity index (χ1) is 12.5. The number of hydrogen-bond acceptors (Lipinski definition) is 6. The van der Waals surface area contributed by atoms with Crippen molar-refractivity contribution in [1.82, 2.24) is 25.1 Å². The van der Waals surface area contributed by atoms with Crippen molar-refractivity contribution in [2.24, 2.45) is 5.92 Å². The zero-order chi connectivity index (χ0) is 18.9. The maximum atomic E-state index is 11.5. The molecule has 1 amide bonds. The first kappa shape index (κ1) is 20.2. The van der Waals surface area contributed by atoms with Gasteiger partial charge in [-0.15, -0.1) is 0 Å². The van der Waals surface area contributed by atoms with Gasteiger partial charge in [0.25, 0.3) is 0 Å². The van der Waals surface area contributed by atoms with Crippen LogP contribution in [0.3, 0.4) is 0 Å². The highest BCUT2D eigenvalue weighted by molar-refractivity contribution is 7.99. The normalized spacial score (nSPS) is 11.6. The topological polar surface area (TPSA) is 84.7 Å². The lowest BCUT2D eigenvalue weighted by Gasteiger charge is -2.11. The summed E-state index contributed by atoms with van der Waals surface area (Å²) < 4.78 is 1.82. The van der Waals surface area contributed by atoms with Gasteiger partial charge in [0.05, 0.1) is 18.1 Å². The van der Waals surface area contributed by atoms with Crippen molar-refractivity contribution in [1.29, 1.82) is 0 Å². The van der Waals surface area contributed by atoms with Gasteiger partial charge in [-0.1, -0.05) is 38.6 Å². The van der Waals surface area contributed by atoms with Crippen molar-refractivity contribution in [2.45, 2.75) is 45.8 Å². The van der Waals surface area contributed by atoms with E-state index < -0.39 is 0 Å². The van der Waals surface area contributed by atoms with Crippen LogP contribution in [0.1, 0.15) is 34.1 Å². The molecule has 7 nitrogen and oxygen atoms in total. The molecule has 0 fully saturated rings. The lowest BCUT2D eigenvalue weighted by Crippen LogP contribution is -2.25. The number of anilines is 1. The van der Waals surface area contributed by atoms with E-state index in [-0.39, 0.29) is 5.91 Å². The van der Waals surface area contributed by atoms with Crippen LogP contribution >= 0.6 is 11.8 Å². The third kappa shape index (κ3) is 5.72. The predicted octanol–water partition coefficient (Wildman–Crippen LogP) is 3.09. The Hall–Kier alpha value is -2.09. The molecule has 26 heavy (non-hydrogen) atoms. The van der Waals surface area contributed by atoms with Crippen LogP contribution in [0.2, 0.25) is 0 Å². The zero-order valence-electron chi connectivity index (χ0n) is 16.0. The van der Waals surface area contributed by atoms with E-state index in [4.69, 9.17) is 0 Å². The Morgan fingerprint density at radius 2 is 2.19 bits per heavy atom. The van der Waals surface area contributed by atoms with Crippen molar-refractivity contribution in [2.75, 3.05) is 24.2 Å². The Morgan fingerprint density at radius 3 is 2.88 bits per heavy atom. The molecule has 2 aromatic heterocycles. The average Bonchev–Trinajstić information content (AvgIpc) is 3.01. The molecule has 0 saturated heterocycles. The molecular formula is C18H28N6OS. The first-order valence-electron chi connectivity index (χ1n) is 9.05. The van der Waals surface area contributed by atoms with Crippen LogP contribution in [-0.4, -0.2) is 44.5 Å². The summed E-state index contributed by atoms with van der Waals surface area (Å²) in [5.74, 6) is 2.22. The van der Waals surface area contributed by atoms with Gasteiger partial charge in [-0.05, 0) is 25.3 Å². The number of aromatic nitrogens is 4. The molecule has 142 valence electrons. The largest absolute Gasteiger partial charge is 0.369 e. The standard InChI is InChI=1S/C18H28N6OS/c1-5-7-15(25)19-8-9-24-17-14(12-21-24)16(20-11-13(3)4)22-18(23-17)26-10-6-2/h5,7,12-13H,6,8-11H2,1-4H3,(H,19,25)(H,20,22,23)/b7-5-. The summed E-state index contributed by atoms with van der Waals surface area (Å²) in [6.07, 6.45) is 6.09. The second-order valence-electron chi connectivity index (χ2n) is 6.37. The van der Waals surface area contributed by atoms with Crippen LogP contribution < -0.4 is 10.6 Å². The number of hydrogen-bond donors (Lipinski definition) is 2. The molecule has 0 aromatic carbocycles. The van der Waals surface area contributed by atoms with E-state index in [2.05, 4.69) is 46.5 Å². The van der Waals surface area contributed by atoms with Gasteiger partial charge < -0.3 is 10.6 Å². The third-order valence-corrected chi connectivity index (χ3v) is 4.58. The summed E-state index contributed by atoms with van der Waals surface area (Å²) in [5.41, 5.74) is 0.796. The summed E-state index contributed by atoms with van der Waals surface area (Å²) in [6, 6.07) is 0. The number of nitrogens with zero attached hydrogens (tertiary/aromatic N) is 4. The monoisotopic (exact) mass is 376 g/mol. The molecule has 0 unspecified atom stereocenters. The minimum absolute atomic E-state index is 0.0999. The van der Waals surface area contributed by atoms with E-state index >= 15 is 0 Å². The van der Waals surface area contributed by atoms with E-state index in [1.807, 2.05) is 11.6 Å². The molecule has 0 aliphatic carbocycles. The molecule has 8 heteroatoms. The van der Waals surface area contributed by atoms with Crippen LogP contribution in [0, 0.1) is 5.92 Å². The maximum Gasteiger partial charge on any atom is 0.243 e. The summed E-state index contributed by atoms with van der Waals surface area (Å²) in [4.78, 5) is 20.9. The average molecular weight is 377 g/mol. The molecule has 0 aliphatic rings. The molecule has 0 saturated carbocycles. The molecule has 2 aromatic rings. The van der Waals surface area contributed by atoms with Gasteiger partial charge in [-0.3, -0.25) is 4.79 Å². The summed E-state index contributed by atoms with van der Waals surface area (Å²) in [5, 5.41) is 12.4. The number of carbonyl (C=O) groups excluding carboxylic acids is 1. The Balaban J connectivity index is 2.22. The SMILES string of the molecule is C/C=C\C(=O)NCCn1ncc2c(NCC(C)C)nc(SCCC)nc21. The number of rotatable bonds is 10. The van der Waals surface area contributed by atoms with E-state index in [1.54, 1.807) is 24.0 Å². The van der Waals surface area contributed by atoms with Gasteiger partial charge in [0, 0.05) is 18.8 Å². The first-order valence-corrected chi connectivity index (χ1v) is 10.0. The minimum atomic E-state index is -0.0999. The Labute approximate surface area is 159 Å². The van der Waals surface area contributed by atoms with E-state index in [0.717, 1.165) is 40.7 Å². The second-order valence-corrected chi connectivity index (χ2v) is 7.44. The van der Waals surface area contributed by atoms with Crippen molar-refractivity contribution in [3.8, 4) is 0 Å². The molecule has 2 N–H and O–H groups in total. The maximum absolute atomic E-state index is 11.5. The van der Waals surface area contributed by atoms with E-state index in [9.17, 15) is 4.79 Å². The fourth-order valence-electron chi connectivity index (χ4n) is 2.29. The second kappa shape index (κ2) is 10.2. The van der Waals surface area contributed by atoms with Gasteiger partial charge >= 0.3 is 0 Å². The lowest BCUT2D eigenvalue weighted by molar-refractivity contribution is -0.116. The van der Waals surface area contributed by atoms with Crippen molar-refractivity contribution >= 4 is 34.5 Å². The highest BCUT2D eigenvalue weighted by atomic mass is 32.2. The molecule has 0 aliphatic heterocycles. The number of nitrogens with one attached hydrogen (secondary N) is 2. The van der Waals surface area contributed by atoms with Crippen molar-refractivity contribution in [3.05, 3.63) is 18.3 Å². The van der Waals surface area contributed by atoms with Gasteiger partial charge in [0.15, 0.2) is 10.8 Å². The van der Waals surface area contributed by atoms with E-state index in [1.165, 1.54) is 6.08 Å². The third-order valence-electron chi connectivity index (χ3n) is 3.53. The van der Waals surface area contributed by atoms with Crippen LogP contribution in [0.15, 0.2) is 23.5 Å². The van der Waals surface area contributed by atoms with Gasteiger partial charge in [-0.2, -0.15) is 5.10 Å². The highest BCUT2D eigenvalue weighted by Gasteiger charge is 2.13. The quantitative estimate of drug-likeness (QED) is 0.377. The molecule has 2 rings (SSSR count). The summed E-state index contributed by atoms with van der Waals surface area (Å²) in [6.45, 7) is 10.2. The fourth-order valence-corrected chi connectivity index (χ4v) is 2.98. The van der Waals surface area contributed by atoms with Crippen LogP contribution in [-0.2, 0) is 11.3 Å². The van der Waals surface area contributed by atoms with Crippen LogP contribution in [0.4, 0.5) is 5.82 Å². The Kier molecular flexibility index (Phi) is 7.90. The Bertz CT molecular complexity index is 755. The van der Waals surface area contributed by atoms with Gasteiger partial charge in [-0.25, -0.2) is 14.6 Å². The lowest BCUT2D eigenvalue weighted by atomic mass is 10.2.